The van der Waals surface area contributed by atoms with E-state index >= 15 is 0 Å². The van der Waals surface area contributed by atoms with Crippen molar-refractivity contribution in [3.63, 3.8) is 0 Å². The third-order valence-electron chi connectivity index (χ3n) is 1.84. The van der Waals surface area contributed by atoms with Crippen molar-refractivity contribution in [2.75, 3.05) is 6.61 Å². The summed E-state index contributed by atoms with van der Waals surface area (Å²) in [5, 5.41) is 0. The van der Waals surface area contributed by atoms with E-state index in [9.17, 15) is 0 Å². The highest BCUT2D eigenvalue weighted by molar-refractivity contribution is 5.15. The van der Waals surface area contributed by atoms with Gasteiger partial charge in [0.1, 0.15) is 0 Å². The van der Waals surface area contributed by atoms with Crippen LogP contribution in [0.3, 0.4) is 0 Å². The molecule has 0 heterocycles. The molecule has 1 nitrogen and oxygen atoms in total. The lowest BCUT2D eigenvalue weighted by Crippen LogP contribution is -2.05. The van der Waals surface area contributed by atoms with Crippen molar-refractivity contribution < 1.29 is 4.74 Å². The highest BCUT2D eigenvalue weighted by Gasteiger charge is 2.09. The lowest BCUT2D eigenvalue weighted by atomic mass is 10.0. The van der Waals surface area contributed by atoms with Crippen LogP contribution >= 0.6 is 0 Å². The van der Waals surface area contributed by atoms with Crippen molar-refractivity contribution in [1.29, 1.82) is 0 Å². The van der Waals surface area contributed by atoms with E-state index in [0.717, 1.165) is 25.2 Å². The summed E-state index contributed by atoms with van der Waals surface area (Å²) in [4.78, 5) is 0. The van der Waals surface area contributed by atoms with E-state index in [2.05, 4.69) is 32.1 Å². The Kier molecular flexibility index (Phi) is 3.21. The van der Waals surface area contributed by atoms with E-state index in [0.29, 0.717) is 5.92 Å². The Morgan fingerprint density at radius 3 is 3.09 bits per heavy atom. The fourth-order valence-electron chi connectivity index (χ4n) is 1.14. The average Bonchev–Trinajstić information content (AvgIpc) is 2.03. The number of ether oxygens (including phenoxy) is 1. The molecule has 1 aliphatic carbocycles. The third kappa shape index (κ3) is 2.41. The molecule has 1 heteroatoms. The quantitative estimate of drug-likeness (QED) is 0.604. The largest absolute Gasteiger partial charge is 0.498 e. The maximum absolute atomic E-state index is 5.55. The highest BCUT2D eigenvalue weighted by Crippen LogP contribution is 2.20. The van der Waals surface area contributed by atoms with Gasteiger partial charge in [0.25, 0.3) is 0 Å². The maximum Gasteiger partial charge on any atom is 0.0990 e. The summed E-state index contributed by atoms with van der Waals surface area (Å²) >= 11 is 0. The normalized spacial score (nSPS) is 23.1. The Hall–Kier alpha value is -0.720. The Bertz CT molecular complexity index is 168. The minimum absolute atomic E-state index is 0.576. The van der Waals surface area contributed by atoms with Crippen LogP contribution in [0.15, 0.2) is 24.0 Å². The molecule has 0 aromatic carbocycles. The molecule has 0 N–H and O–H groups in total. The zero-order valence-corrected chi connectivity index (χ0v) is 7.34. The molecule has 0 spiro atoms. The average molecular weight is 152 g/mol. The molecule has 0 fully saturated rings. The molecule has 1 rings (SSSR count). The van der Waals surface area contributed by atoms with Gasteiger partial charge in [0, 0.05) is 5.92 Å². The standard InChI is InChI=1S/C10H16O/c1-3-8-11-10-7-5-4-6-9(10)2/h4-5,7,9H,3,6,8H2,1-2H3/t9-/m0/s1. The van der Waals surface area contributed by atoms with Crippen molar-refractivity contribution >= 4 is 0 Å². The van der Waals surface area contributed by atoms with Gasteiger partial charge in [-0.25, -0.2) is 0 Å². The number of allylic oxidation sites excluding steroid dienone is 4. The van der Waals surface area contributed by atoms with Gasteiger partial charge in [-0.1, -0.05) is 26.0 Å². The molecule has 62 valence electrons. The van der Waals surface area contributed by atoms with E-state index in [4.69, 9.17) is 4.74 Å². The first-order chi connectivity index (χ1) is 5.34. The number of hydrogen-bond acceptors (Lipinski definition) is 1. The summed E-state index contributed by atoms with van der Waals surface area (Å²) < 4.78 is 5.55. The van der Waals surface area contributed by atoms with Crippen LogP contribution < -0.4 is 0 Å². The lowest BCUT2D eigenvalue weighted by molar-refractivity contribution is 0.180. The minimum Gasteiger partial charge on any atom is -0.498 e. The van der Waals surface area contributed by atoms with E-state index in [-0.39, 0.29) is 0 Å². The Balaban J connectivity index is 2.40. The Morgan fingerprint density at radius 1 is 1.64 bits per heavy atom. The topological polar surface area (TPSA) is 9.23 Å². The molecule has 0 saturated heterocycles. The minimum atomic E-state index is 0.576. The smallest absolute Gasteiger partial charge is 0.0990 e. The second kappa shape index (κ2) is 4.22. The zero-order valence-electron chi connectivity index (χ0n) is 7.34. The summed E-state index contributed by atoms with van der Waals surface area (Å²) in [5.74, 6) is 1.72. The maximum atomic E-state index is 5.55. The van der Waals surface area contributed by atoms with E-state index in [1.54, 1.807) is 0 Å². The Labute approximate surface area is 68.8 Å². The molecule has 0 aromatic heterocycles. The first kappa shape index (κ1) is 8.38. The molecule has 11 heavy (non-hydrogen) atoms. The molecule has 0 bridgehead atoms. The summed E-state index contributed by atoms with van der Waals surface area (Å²) in [6.45, 7) is 5.18. The van der Waals surface area contributed by atoms with Gasteiger partial charge in [-0.15, -0.1) is 0 Å². The zero-order chi connectivity index (χ0) is 8.10. The molecule has 0 radical (unpaired) electrons. The molecule has 0 amide bonds. The molecule has 1 atom stereocenters. The lowest BCUT2D eigenvalue weighted by Gasteiger charge is -2.17. The number of rotatable bonds is 3. The van der Waals surface area contributed by atoms with Gasteiger partial charge in [0.15, 0.2) is 0 Å². The van der Waals surface area contributed by atoms with Crippen LogP contribution in [-0.2, 0) is 4.74 Å². The van der Waals surface area contributed by atoms with E-state index in [1.807, 2.05) is 0 Å². The molecule has 0 aliphatic heterocycles. The summed E-state index contributed by atoms with van der Waals surface area (Å²) in [5.41, 5.74) is 0. The van der Waals surface area contributed by atoms with Crippen LogP contribution in [0.25, 0.3) is 0 Å². The molecular formula is C10H16O. The van der Waals surface area contributed by atoms with Crippen molar-refractivity contribution in [3.8, 4) is 0 Å². The number of hydrogen-bond donors (Lipinski definition) is 0. The van der Waals surface area contributed by atoms with Crippen LogP contribution in [0.4, 0.5) is 0 Å². The van der Waals surface area contributed by atoms with E-state index in [1.165, 1.54) is 0 Å². The van der Waals surface area contributed by atoms with Crippen LogP contribution in [0.5, 0.6) is 0 Å². The predicted molar refractivity (Wildman–Crippen MR) is 47.2 cm³/mol. The fraction of sp³-hybridized carbons (Fsp3) is 0.600. The third-order valence-corrected chi connectivity index (χ3v) is 1.84. The van der Waals surface area contributed by atoms with Gasteiger partial charge in [-0.2, -0.15) is 0 Å². The van der Waals surface area contributed by atoms with Gasteiger partial charge in [-0.05, 0) is 18.9 Å². The summed E-state index contributed by atoms with van der Waals surface area (Å²) in [6, 6.07) is 0. The molecule has 0 saturated carbocycles. The van der Waals surface area contributed by atoms with Crippen LogP contribution in [-0.4, -0.2) is 6.61 Å². The molecule has 0 aromatic rings. The van der Waals surface area contributed by atoms with Gasteiger partial charge in [0.2, 0.25) is 0 Å². The van der Waals surface area contributed by atoms with Gasteiger partial charge < -0.3 is 4.74 Å². The monoisotopic (exact) mass is 152 g/mol. The fourth-order valence-corrected chi connectivity index (χ4v) is 1.14. The molecular weight excluding hydrogens is 136 g/mol. The molecule has 1 aliphatic rings. The van der Waals surface area contributed by atoms with Gasteiger partial charge >= 0.3 is 0 Å². The van der Waals surface area contributed by atoms with Crippen molar-refractivity contribution in [1.82, 2.24) is 0 Å². The first-order valence-corrected chi connectivity index (χ1v) is 4.34. The summed E-state index contributed by atoms with van der Waals surface area (Å²) in [6.07, 6.45) is 8.54. The van der Waals surface area contributed by atoms with Gasteiger partial charge in [0.05, 0.1) is 12.4 Å². The predicted octanol–water partition coefficient (Wildman–Crippen LogP) is 2.89. The second-order valence-corrected chi connectivity index (χ2v) is 2.98. The van der Waals surface area contributed by atoms with Crippen LogP contribution in [0, 0.1) is 5.92 Å². The van der Waals surface area contributed by atoms with Crippen molar-refractivity contribution in [2.24, 2.45) is 5.92 Å². The molecule has 0 unspecified atom stereocenters. The Morgan fingerprint density at radius 2 is 2.45 bits per heavy atom. The SMILES string of the molecule is CCCOC1=CC=CC[C@@H]1C. The summed E-state index contributed by atoms with van der Waals surface area (Å²) in [7, 11) is 0. The first-order valence-electron chi connectivity index (χ1n) is 4.34. The van der Waals surface area contributed by atoms with Crippen molar-refractivity contribution in [3.05, 3.63) is 24.0 Å². The van der Waals surface area contributed by atoms with Crippen molar-refractivity contribution in [2.45, 2.75) is 26.7 Å². The van der Waals surface area contributed by atoms with Crippen LogP contribution in [0.1, 0.15) is 26.7 Å². The highest BCUT2D eigenvalue weighted by atomic mass is 16.5. The van der Waals surface area contributed by atoms with Crippen LogP contribution in [0.2, 0.25) is 0 Å². The van der Waals surface area contributed by atoms with Gasteiger partial charge in [-0.3, -0.25) is 0 Å². The second-order valence-electron chi connectivity index (χ2n) is 2.98. The van der Waals surface area contributed by atoms with E-state index < -0.39 is 0 Å².